The largest absolute Gasteiger partial charge is 0.410 e. The van der Waals surface area contributed by atoms with Gasteiger partial charge < -0.3 is 9.77 Å². The van der Waals surface area contributed by atoms with Gasteiger partial charge in [0.25, 0.3) is 5.69 Å². The van der Waals surface area contributed by atoms with Crippen LogP contribution in [0.1, 0.15) is 18.1 Å². The van der Waals surface area contributed by atoms with Crippen LogP contribution < -0.4 is 0 Å². The Bertz CT molecular complexity index is 1190. The molecule has 1 N–H and O–H groups in total. The first-order valence-electron chi connectivity index (χ1n) is 8.53. The summed E-state index contributed by atoms with van der Waals surface area (Å²) in [6.07, 6.45) is 0. The second-order valence-electron chi connectivity index (χ2n) is 6.17. The zero-order valence-electron chi connectivity index (χ0n) is 14.6. The molecule has 0 saturated carbocycles. The number of oxime groups is 1. The van der Waals surface area contributed by atoms with E-state index < -0.39 is 4.92 Å². The first-order chi connectivity index (χ1) is 13.1. The van der Waals surface area contributed by atoms with Crippen molar-refractivity contribution in [3.63, 3.8) is 0 Å². The van der Waals surface area contributed by atoms with E-state index in [1.165, 1.54) is 12.1 Å². The number of benzene rings is 3. The minimum Gasteiger partial charge on any atom is -0.410 e. The summed E-state index contributed by atoms with van der Waals surface area (Å²) in [5.74, 6) is 0. The summed E-state index contributed by atoms with van der Waals surface area (Å²) < 4.78 is 2.23. The standard InChI is InChI=1S/C21H16N3O3/c1-2-23-19-6-4-3-5-17(19)18-13-15(9-12-20(18)23)21(22-25)14-7-10-16(11-8-14)24(26)27/h4-13,25H,2H2,1H3/b22-21+. The highest BCUT2D eigenvalue weighted by Gasteiger charge is 2.14. The van der Waals surface area contributed by atoms with Crippen molar-refractivity contribution in [1.82, 2.24) is 4.57 Å². The van der Waals surface area contributed by atoms with Crippen LogP contribution in [-0.2, 0) is 6.54 Å². The molecule has 0 atom stereocenters. The van der Waals surface area contributed by atoms with Gasteiger partial charge in [0.2, 0.25) is 0 Å². The predicted molar refractivity (Wildman–Crippen MR) is 104 cm³/mol. The van der Waals surface area contributed by atoms with Crippen molar-refractivity contribution in [2.75, 3.05) is 0 Å². The minimum absolute atomic E-state index is 0.00644. The molecule has 6 heteroatoms. The van der Waals surface area contributed by atoms with Gasteiger partial charge in [-0.3, -0.25) is 10.1 Å². The predicted octanol–water partition coefficient (Wildman–Crippen LogP) is 4.75. The maximum Gasteiger partial charge on any atom is 0.269 e. The van der Waals surface area contributed by atoms with Crippen molar-refractivity contribution in [2.45, 2.75) is 13.5 Å². The average Bonchev–Trinajstić information content (AvgIpc) is 3.02. The summed E-state index contributed by atoms with van der Waals surface area (Å²) in [5.41, 5.74) is 3.92. The molecule has 0 amide bonds. The molecule has 0 spiro atoms. The Balaban J connectivity index is 1.87. The molecule has 1 radical (unpaired) electrons. The third-order valence-electron chi connectivity index (χ3n) is 4.75. The number of non-ortho nitro benzene ring substituents is 1. The van der Waals surface area contributed by atoms with Crippen LogP contribution in [0.2, 0.25) is 0 Å². The smallest absolute Gasteiger partial charge is 0.269 e. The summed E-state index contributed by atoms with van der Waals surface area (Å²) in [6, 6.07) is 20.9. The molecule has 1 aromatic heterocycles. The van der Waals surface area contributed by atoms with E-state index in [9.17, 15) is 15.3 Å². The Morgan fingerprint density at radius 2 is 1.81 bits per heavy atom. The van der Waals surface area contributed by atoms with Gasteiger partial charge in [-0.2, -0.15) is 0 Å². The van der Waals surface area contributed by atoms with Gasteiger partial charge in [0.05, 0.1) is 4.92 Å². The first kappa shape index (κ1) is 16.8. The molecule has 0 bridgehead atoms. The third-order valence-corrected chi connectivity index (χ3v) is 4.75. The molecular weight excluding hydrogens is 342 g/mol. The van der Waals surface area contributed by atoms with Crippen LogP contribution in [0.3, 0.4) is 0 Å². The number of nitro groups is 1. The fourth-order valence-corrected chi connectivity index (χ4v) is 3.50. The first-order valence-corrected chi connectivity index (χ1v) is 8.53. The zero-order chi connectivity index (χ0) is 19.0. The van der Waals surface area contributed by atoms with Gasteiger partial charge in [-0.25, -0.2) is 0 Å². The Morgan fingerprint density at radius 3 is 2.48 bits per heavy atom. The fraction of sp³-hybridized carbons (Fsp3) is 0.0952. The second-order valence-corrected chi connectivity index (χ2v) is 6.17. The van der Waals surface area contributed by atoms with Crippen molar-refractivity contribution in [2.24, 2.45) is 5.16 Å². The highest BCUT2D eigenvalue weighted by Crippen LogP contribution is 2.30. The SMILES string of the molecule is CCn1c2cc[c]cc2c2cc(/C(=N/O)c3ccc([N+](=O)[O-])cc3)ccc21. The summed E-state index contributed by atoms with van der Waals surface area (Å²) in [6.45, 7) is 2.94. The number of fused-ring (bicyclic) bond motifs is 3. The number of nitro benzene ring substituents is 1. The van der Waals surface area contributed by atoms with E-state index in [1.807, 2.05) is 36.4 Å². The molecule has 1 heterocycles. The molecule has 0 aliphatic carbocycles. The maximum atomic E-state index is 10.8. The molecule has 133 valence electrons. The van der Waals surface area contributed by atoms with Crippen molar-refractivity contribution >= 4 is 33.2 Å². The van der Waals surface area contributed by atoms with E-state index in [4.69, 9.17) is 0 Å². The Hall–Kier alpha value is -3.67. The second kappa shape index (κ2) is 6.57. The molecule has 3 aromatic carbocycles. The molecular formula is C21H16N3O3. The minimum atomic E-state index is -0.457. The molecule has 0 unspecified atom stereocenters. The van der Waals surface area contributed by atoms with Gasteiger partial charge in [0.1, 0.15) is 5.71 Å². The van der Waals surface area contributed by atoms with Crippen molar-refractivity contribution in [1.29, 1.82) is 0 Å². The number of aromatic nitrogens is 1. The van der Waals surface area contributed by atoms with Crippen molar-refractivity contribution in [3.8, 4) is 0 Å². The Morgan fingerprint density at radius 1 is 1.11 bits per heavy atom. The number of hydrogen-bond acceptors (Lipinski definition) is 4. The molecule has 0 saturated heterocycles. The van der Waals surface area contributed by atoms with Gasteiger partial charge in [0.15, 0.2) is 0 Å². The Kier molecular flexibility index (Phi) is 4.08. The molecule has 27 heavy (non-hydrogen) atoms. The monoisotopic (exact) mass is 358 g/mol. The van der Waals surface area contributed by atoms with Gasteiger partial charge >= 0.3 is 0 Å². The van der Waals surface area contributed by atoms with Crippen molar-refractivity contribution in [3.05, 3.63) is 88.0 Å². The summed E-state index contributed by atoms with van der Waals surface area (Å²) >= 11 is 0. The fourth-order valence-electron chi connectivity index (χ4n) is 3.50. The van der Waals surface area contributed by atoms with Crippen LogP contribution in [-0.4, -0.2) is 20.4 Å². The highest BCUT2D eigenvalue weighted by molar-refractivity contribution is 6.16. The molecule has 6 nitrogen and oxygen atoms in total. The van der Waals surface area contributed by atoms with Crippen LogP contribution >= 0.6 is 0 Å². The number of rotatable bonds is 4. The number of aryl methyl sites for hydroxylation is 1. The Labute approximate surface area is 155 Å². The van der Waals surface area contributed by atoms with Gasteiger partial charge in [0, 0.05) is 51.6 Å². The van der Waals surface area contributed by atoms with E-state index in [0.717, 1.165) is 33.9 Å². The van der Waals surface area contributed by atoms with Crippen LogP contribution in [0.25, 0.3) is 21.8 Å². The number of hydrogen-bond donors (Lipinski definition) is 1. The van der Waals surface area contributed by atoms with E-state index in [0.29, 0.717) is 11.3 Å². The van der Waals surface area contributed by atoms with E-state index >= 15 is 0 Å². The lowest BCUT2D eigenvalue weighted by molar-refractivity contribution is -0.384. The third kappa shape index (κ3) is 2.71. The zero-order valence-corrected chi connectivity index (χ0v) is 14.6. The quantitative estimate of drug-likeness (QED) is 0.247. The summed E-state index contributed by atoms with van der Waals surface area (Å²) in [7, 11) is 0. The van der Waals surface area contributed by atoms with Gasteiger partial charge in [-0.1, -0.05) is 17.3 Å². The van der Waals surface area contributed by atoms with Crippen LogP contribution in [0, 0.1) is 16.2 Å². The van der Waals surface area contributed by atoms with Crippen LogP contribution in [0.15, 0.2) is 65.8 Å². The molecule has 0 aliphatic heterocycles. The van der Waals surface area contributed by atoms with E-state index in [2.05, 4.69) is 22.7 Å². The van der Waals surface area contributed by atoms with Crippen LogP contribution in [0.5, 0.6) is 0 Å². The highest BCUT2D eigenvalue weighted by atomic mass is 16.6. The molecule has 0 aliphatic rings. The summed E-state index contributed by atoms with van der Waals surface area (Å²) in [4.78, 5) is 10.4. The summed E-state index contributed by atoms with van der Waals surface area (Å²) in [5, 5.41) is 26.0. The average molecular weight is 358 g/mol. The van der Waals surface area contributed by atoms with Crippen molar-refractivity contribution < 1.29 is 10.1 Å². The van der Waals surface area contributed by atoms with E-state index in [-0.39, 0.29) is 5.69 Å². The lowest BCUT2D eigenvalue weighted by Crippen LogP contribution is -2.04. The maximum absolute atomic E-state index is 10.8. The lowest BCUT2D eigenvalue weighted by atomic mass is 10.00. The molecule has 4 aromatic rings. The van der Waals surface area contributed by atoms with Gasteiger partial charge in [-0.05, 0) is 49.4 Å². The molecule has 4 rings (SSSR count). The van der Waals surface area contributed by atoms with Gasteiger partial charge in [-0.15, -0.1) is 0 Å². The van der Waals surface area contributed by atoms with Crippen LogP contribution in [0.4, 0.5) is 5.69 Å². The topological polar surface area (TPSA) is 80.7 Å². The van der Waals surface area contributed by atoms with E-state index in [1.54, 1.807) is 12.1 Å². The number of nitrogens with zero attached hydrogens (tertiary/aromatic N) is 3. The lowest BCUT2D eigenvalue weighted by Gasteiger charge is -2.07. The normalized spacial score (nSPS) is 12.0. The molecule has 0 fully saturated rings.